The molecular formula is C14H20N2O2S. The lowest BCUT2D eigenvalue weighted by atomic mass is 10.0. The first-order valence-electron chi connectivity index (χ1n) is 6.20. The SMILES string of the molecule is CCCN[S+]([O-])c1ccc(C(C(C)=O)=C(C)N)cc1. The quantitative estimate of drug-likeness (QED) is 0.617. The largest absolute Gasteiger partial charge is 0.593 e. The molecule has 19 heavy (non-hydrogen) atoms. The van der Waals surface area contributed by atoms with Crippen molar-refractivity contribution in [2.45, 2.75) is 32.1 Å². The van der Waals surface area contributed by atoms with Crippen molar-refractivity contribution in [3.05, 3.63) is 35.5 Å². The van der Waals surface area contributed by atoms with Crippen molar-refractivity contribution in [1.29, 1.82) is 0 Å². The summed E-state index contributed by atoms with van der Waals surface area (Å²) in [7, 11) is 0. The third-order valence-electron chi connectivity index (χ3n) is 2.59. The van der Waals surface area contributed by atoms with Crippen LogP contribution in [0.2, 0.25) is 0 Å². The second kappa shape index (κ2) is 7.33. The van der Waals surface area contributed by atoms with Crippen molar-refractivity contribution in [2.24, 2.45) is 5.73 Å². The highest BCUT2D eigenvalue weighted by Gasteiger charge is 2.13. The van der Waals surface area contributed by atoms with E-state index in [1.165, 1.54) is 6.92 Å². The van der Waals surface area contributed by atoms with E-state index in [0.717, 1.165) is 12.0 Å². The first kappa shape index (κ1) is 15.8. The molecular weight excluding hydrogens is 260 g/mol. The highest BCUT2D eigenvalue weighted by Crippen LogP contribution is 2.20. The van der Waals surface area contributed by atoms with Crippen LogP contribution in [-0.4, -0.2) is 16.9 Å². The van der Waals surface area contributed by atoms with Crippen molar-refractivity contribution in [2.75, 3.05) is 6.54 Å². The highest BCUT2D eigenvalue weighted by atomic mass is 32.2. The molecule has 0 saturated carbocycles. The van der Waals surface area contributed by atoms with Crippen molar-refractivity contribution in [1.82, 2.24) is 4.72 Å². The summed E-state index contributed by atoms with van der Waals surface area (Å²) in [5.41, 5.74) is 7.48. The van der Waals surface area contributed by atoms with E-state index in [-0.39, 0.29) is 5.78 Å². The van der Waals surface area contributed by atoms with Gasteiger partial charge in [-0.15, -0.1) is 4.72 Å². The van der Waals surface area contributed by atoms with E-state index in [2.05, 4.69) is 4.72 Å². The van der Waals surface area contributed by atoms with Crippen molar-refractivity contribution >= 4 is 22.7 Å². The fourth-order valence-electron chi connectivity index (χ4n) is 1.73. The molecule has 4 nitrogen and oxygen atoms in total. The van der Waals surface area contributed by atoms with Crippen molar-refractivity contribution in [3.8, 4) is 0 Å². The molecule has 0 bridgehead atoms. The minimum absolute atomic E-state index is 0.0713. The molecule has 104 valence electrons. The van der Waals surface area contributed by atoms with Gasteiger partial charge >= 0.3 is 0 Å². The maximum atomic E-state index is 11.8. The normalized spacial score (nSPS) is 13.9. The molecule has 0 radical (unpaired) electrons. The first-order chi connectivity index (χ1) is 8.97. The molecule has 3 N–H and O–H groups in total. The van der Waals surface area contributed by atoms with Gasteiger partial charge in [0.15, 0.2) is 10.7 Å². The van der Waals surface area contributed by atoms with Gasteiger partial charge in [0.1, 0.15) is 0 Å². The Morgan fingerprint density at radius 3 is 2.32 bits per heavy atom. The summed E-state index contributed by atoms with van der Waals surface area (Å²) < 4.78 is 14.8. The first-order valence-corrected chi connectivity index (χ1v) is 7.35. The predicted octanol–water partition coefficient (Wildman–Crippen LogP) is 1.99. The van der Waals surface area contributed by atoms with Gasteiger partial charge in [0.25, 0.3) is 0 Å². The number of Topliss-reactive ketones (excluding diaryl/α,β-unsaturated/α-hetero) is 1. The van der Waals surface area contributed by atoms with Crippen LogP contribution >= 0.6 is 0 Å². The monoisotopic (exact) mass is 280 g/mol. The maximum absolute atomic E-state index is 11.8. The minimum atomic E-state index is -1.21. The minimum Gasteiger partial charge on any atom is -0.593 e. The fourth-order valence-corrected chi connectivity index (χ4v) is 2.67. The predicted molar refractivity (Wildman–Crippen MR) is 78.6 cm³/mol. The van der Waals surface area contributed by atoms with Crippen molar-refractivity contribution in [3.63, 3.8) is 0 Å². The van der Waals surface area contributed by atoms with E-state index < -0.39 is 11.4 Å². The van der Waals surface area contributed by atoms with Gasteiger partial charge in [-0.2, -0.15) is 0 Å². The molecule has 1 atom stereocenters. The Morgan fingerprint density at radius 2 is 1.89 bits per heavy atom. The Labute approximate surface area is 117 Å². The molecule has 1 unspecified atom stereocenters. The van der Waals surface area contributed by atoms with Gasteiger partial charge in [0.05, 0.1) is 11.4 Å². The molecule has 1 aromatic rings. The zero-order chi connectivity index (χ0) is 14.4. The van der Waals surface area contributed by atoms with Crippen LogP contribution in [0.25, 0.3) is 5.57 Å². The molecule has 0 fully saturated rings. The van der Waals surface area contributed by atoms with Gasteiger partial charge in [-0.1, -0.05) is 6.92 Å². The van der Waals surface area contributed by atoms with Crippen LogP contribution in [0.3, 0.4) is 0 Å². The zero-order valence-corrected chi connectivity index (χ0v) is 12.3. The van der Waals surface area contributed by atoms with Gasteiger partial charge in [0, 0.05) is 17.8 Å². The number of nitrogens with two attached hydrogens (primary N) is 1. The van der Waals surface area contributed by atoms with E-state index >= 15 is 0 Å². The molecule has 0 heterocycles. The van der Waals surface area contributed by atoms with Crippen LogP contribution in [0.1, 0.15) is 32.8 Å². The van der Waals surface area contributed by atoms with E-state index in [0.29, 0.717) is 22.7 Å². The van der Waals surface area contributed by atoms with E-state index in [1.807, 2.05) is 6.92 Å². The zero-order valence-electron chi connectivity index (χ0n) is 11.5. The Bertz CT molecular complexity index is 465. The van der Waals surface area contributed by atoms with E-state index in [4.69, 9.17) is 5.73 Å². The number of ketones is 1. The van der Waals surface area contributed by atoms with Crippen LogP contribution in [0.4, 0.5) is 0 Å². The molecule has 1 aromatic carbocycles. The number of nitrogens with one attached hydrogen (secondary N) is 1. The lowest BCUT2D eigenvalue weighted by Crippen LogP contribution is -2.24. The summed E-state index contributed by atoms with van der Waals surface area (Å²) in [6, 6.07) is 7.04. The lowest BCUT2D eigenvalue weighted by molar-refractivity contribution is -0.111. The average molecular weight is 280 g/mol. The molecule has 1 rings (SSSR count). The van der Waals surface area contributed by atoms with Crippen LogP contribution in [0.5, 0.6) is 0 Å². The average Bonchev–Trinajstić information content (AvgIpc) is 2.36. The van der Waals surface area contributed by atoms with E-state index in [1.54, 1.807) is 31.2 Å². The number of carbonyl (C=O) groups excluding carboxylic acids is 1. The summed E-state index contributed by atoms with van der Waals surface area (Å²) in [4.78, 5) is 12.2. The lowest BCUT2D eigenvalue weighted by Gasteiger charge is -2.11. The Hall–Kier alpha value is -1.30. The van der Waals surface area contributed by atoms with Crippen LogP contribution in [0.15, 0.2) is 34.9 Å². The molecule has 0 spiro atoms. The summed E-state index contributed by atoms with van der Waals surface area (Å²) >= 11 is -1.21. The van der Waals surface area contributed by atoms with Crippen molar-refractivity contribution < 1.29 is 9.35 Å². The third-order valence-corrected chi connectivity index (χ3v) is 3.75. The number of allylic oxidation sites excluding steroid dienone is 2. The Balaban J connectivity index is 2.93. The molecule has 5 heteroatoms. The Kier molecular flexibility index (Phi) is 6.08. The summed E-state index contributed by atoms with van der Waals surface area (Å²) in [5.74, 6) is -0.0713. The number of rotatable bonds is 6. The second-order valence-corrected chi connectivity index (χ2v) is 5.60. The van der Waals surface area contributed by atoms with Gasteiger partial charge in [-0.05, 0) is 50.1 Å². The summed E-state index contributed by atoms with van der Waals surface area (Å²) in [6.45, 7) is 5.91. The smallest absolute Gasteiger partial charge is 0.173 e. The maximum Gasteiger partial charge on any atom is 0.173 e. The Morgan fingerprint density at radius 1 is 1.32 bits per heavy atom. The van der Waals surface area contributed by atoms with Gasteiger partial charge < -0.3 is 10.3 Å². The molecule has 0 aliphatic heterocycles. The van der Waals surface area contributed by atoms with Crippen LogP contribution in [-0.2, 0) is 16.2 Å². The van der Waals surface area contributed by atoms with Gasteiger partial charge in [-0.25, -0.2) is 0 Å². The standard InChI is InChI=1S/C14H20N2O2S/c1-4-9-16-19(18)13-7-5-12(6-8-13)14(10(2)15)11(3)17/h5-8,16H,4,9,15H2,1-3H3. The number of hydrogen-bond acceptors (Lipinski definition) is 4. The molecule has 0 aliphatic carbocycles. The van der Waals surface area contributed by atoms with Gasteiger partial charge in [-0.3, -0.25) is 4.79 Å². The second-order valence-electron chi connectivity index (χ2n) is 4.30. The third kappa shape index (κ3) is 4.38. The molecule has 0 aliphatic rings. The summed E-state index contributed by atoms with van der Waals surface area (Å²) in [5, 5.41) is 0. The molecule has 0 aromatic heterocycles. The van der Waals surface area contributed by atoms with Gasteiger partial charge in [0.2, 0.25) is 0 Å². The summed E-state index contributed by atoms with van der Waals surface area (Å²) in [6.07, 6.45) is 0.924. The fraction of sp³-hybridized carbons (Fsp3) is 0.357. The highest BCUT2D eigenvalue weighted by molar-refractivity contribution is 7.89. The van der Waals surface area contributed by atoms with E-state index in [9.17, 15) is 9.35 Å². The molecule has 0 saturated heterocycles. The number of carbonyl (C=O) groups is 1. The molecule has 0 amide bonds. The van der Waals surface area contributed by atoms with Crippen LogP contribution in [0, 0.1) is 0 Å². The number of benzene rings is 1. The van der Waals surface area contributed by atoms with Crippen LogP contribution < -0.4 is 10.5 Å². The number of hydrogen-bond donors (Lipinski definition) is 2. The topological polar surface area (TPSA) is 78.2 Å².